The molecule has 24 heavy (non-hydrogen) atoms. The molecule has 1 N–H and O–H groups in total. The van der Waals surface area contributed by atoms with Crippen molar-refractivity contribution in [1.29, 1.82) is 0 Å². The molecule has 1 aromatic rings. The van der Waals surface area contributed by atoms with Crippen molar-refractivity contribution in [1.82, 2.24) is 20.2 Å². The normalized spacial score (nSPS) is 18.5. The van der Waals surface area contributed by atoms with Crippen LogP contribution in [0.3, 0.4) is 0 Å². The Labute approximate surface area is 150 Å². The third-order valence-corrected chi connectivity index (χ3v) is 5.17. The lowest BCUT2D eigenvalue weighted by atomic mass is 10.0. The fraction of sp³-hybridized carbons (Fsp3) is 0.722. The number of hydrogen-bond donors (Lipinski definition) is 1. The molecule has 1 atom stereocenters. The Morgan fingerprint density at radius 2 is 2.29 bits per heavy atom. The number of piperidine rings is 1. The van der Waals surface area contributed by atoms with Gasteiger partial charge in [-0.25, -0.2) is 9.97 Å². The Bertz CT molecular complexity index is 538. The lowest BCUT2D eigenvalue weighted by molar-refractivity contribution is 0.0947. The molecule has 0 aliphatic carbocycles. The van der Waals surface area contributed by atoms with Crippen LogP contribution in [0.1, 0.15) is 62.0 Å². The number of nitrogens with zero attached hydrogens (tertiary/aromatic N) is 3. The Balaban J connectivity index is 1.83. The Morgan fingerprint density at radius 1 is 1.46 bits per heavy atom. The summed E-state index contributed by atoms with van der Waals surface area (Å²) in [5.41, 5.74) is 1.49. The first-order chi connectivity index (χ1) is 11.7. The average molecular weight is 351 g/mol. The van der Waals surface area contributed by atoms with E-state index in [1.54, 1.807) is 6.20 Å². The van der Waals surface area contributed by atoms with E-state index in [-0.39, 0.29) is 5.91 Å². The summed E-state index contributed by atoms with van der Waals surface area (Å²) in [4.78, 5) is 23.7. The van der Waals surface area contributed by atoms with E-state index in [2.05, 4.69) is 34.0 Å². The van der Waals surface area contributed by atoms with Crippen LogP contribution in [-0.4, -0.2) is 52.7 Å². The minimum Gasteiger partial charge on any atom is -0.352 e. The lowest BCUT2D eigenvalue weighted by Crippen LogP contribution is -2.39. The highest BCUT2D eigenvalue weighted by Gasteiger charge is 2.18. The molecule has 1 fully saturated rings. The molecule has 1 unspecified atom stereocenters. The van der Waals surface area contributed by atoms with Crippen molar-refractivity contribution in [3.05, 3.63) is 17.5 Å². The van der Waals surface area contributed by atoms with E-state index < -0.39 is 0 Å². The zero-order valence-electron chi connectivity index (χ0n) is 15.2. The Kier molecular flexibility index (Phi) is 7.99. The largest absolute Gasteiger partial charge is 0.352 e. The van der Waals surface area contributed by atoms with Gasteiger partial charge in [0.05, 0.1) is 11.3 Å². The van der Waals surface area contributed by atoms with Gasteiger partial charge in [0, 0.05) is 25.3 Å². The average Bonchev–Trinajstić information content (AvgIpc) is 2.60. The van der Waals surface area contributed by atoms with Gasteiger partial charge in [0.15, 0.2) is 5.16 Å². The molecular formula is C18H30N4OS. The first-order valence-electron chi connectivity index (χ1n) is 9.07. The van der Waals surface area contributed by atoms with Crippen LogP contribution in [0.5, 0.6) is 0 Å². The summed E-state index contributed by atoms with van der Waals surface area (Å²) < 4.78 is 0. The van der Waals surface area contributed by atoms with Crippen molar-refractivity contribution >= 4 is 17.7 Å². The summed E-state index contributed by atoms with van der Waals surface area (Å²) in [6.45, 7) is 7.37. The van der Waals surface area contributed by atoms with Gasteiger partial charge < -0.3 is 10.2 Å². The molecule has 1 saturated heterocycles. The molecule has 2 rings (SSSR count). The number of thioether (sulfide) groups is 1. The van der Waals surface area contributed by atoms with Crippen LogP contribution < -0.4 is 5.32 Å². The fourth-order valence-corrected chi connectivity index (χ4v) is 3.54. The van der Waals surface area contributed by atoms with Crippen molar-refractivity contribution in [2.24, 2.45) is 0 Å². The summed E-state index contributed by atoms with van der Waals surface area (Å²) in [6.07, 6.45) is 10.3. The van der Waals surface area contributed by atoms with E-state index in [1.807, 2.05) is 6.26 Å². The molecule has 1 aromatic heterocycles. The molecule has 0 spiro atoms. The van der Waals surface area contributed by atoms with Crippen molar-refractivity contribution in [2.45, 2.75) is 63.6 Å². The summed E-state index contributed by atoms with van der Waals surface area (Å²) in [5.74, 6) is -0.0437. The third kappa shape index (κ3) is 5.45. The molecule has 134 valence electrons. The molecular weight excluding hydrogens is 320 g/mol. The summed E-state index contributed by atoms with van der Waals surface area (Å²) in [7, 11) is 0. The molecule has 1 aliphatic heterocycles. The third-order valence-electron chi connectivity index (χ3n) is 4.61. The standard InChI is InChI=1S/C18H30N4OS/c1-4-8-16-15(13-20-18(21-16)24-3)17(23)19-10-7-12-22-11-6-5-9-14(22)2/h13-14H,4-12H2,1-3H3,(H,19,23). The fourth-order valence-electron chi connectivity index (χ4n) is 3.18. The Morgan fingerprint density at radius 3 is 3.00 bits per heavy atom. The first-order valence-corrected chi connectivity index (χ1v) is 10.3. The smallest absolute Gasteiger partial charge is 0.254 e. The van der Waals surface area contributed by atoms with Crippen molar-refractivity contribution in [2.75, 3.05) is 25.9 Å². The van der Waals surface area contributed by atoms with E-state index >= 15 is 0 Å². The van der Waals surface area contributed by atoms with E-state index in [4.69, 9.17) is 0 Å². The van der Waals surface area contributed by atoms with Gasteiger partial charge in [-0.3, -0.25) is 4.79 Å². The number of likely N-dealkylation sites (tertiary alicyclic amines) is 1. The highest BCUT2D eigenvalue weighted by Crippen LogP contribution is 2.16. The predicted octanol–water partition coefficient (Wildman–Crippen LogP) is 3.15. The maximum atomic E-state index is 12.4. The number of hydrogen-bond acceptors (Lipinski definition) is 5. The molecule has 6 heteroatoms. The molecule has 0 saturated carbocycles. The molecule has 0 aromatic carbocycles. The van der Waals surface area contributed by atoms with Crippen LogP contribution in [0, 0.1) is 0 Å². The second-order valence-electron chi connectivity index (χ2n) is 6.46. The number of rotatable bonds is 8. The highest BCUT2D eigenvalue weighted by atomic mass is 32.2. The summed E-state index contributed by atoms with van der Waals surface area (Å²) >= 11 is 1.51. The van der Waals surface area contributed by atoms with Crippen LogP contribution in [0.15, 0.2) is 11.4 Å². The SMILES string of the molecule is CCCc1nc(SC)ncc1C(=O)NCCCN1CCCCC1C. The van der Waals surface area contributed by atoms with Gasteiger partial charge in [-0.2, -0.15) is 0 Å². The molecule has 0 bridgehead atoms. The van der Waals surface area contributed by atoms with Crippen LogP contribution in [0.4, 0.5) is 0 Å². The van der Waals surface area contributed by atoms with E-state index in [0.717, 1.165) is 36.7 Å². The van der Waals surface area contributed by atoms with Crippen LogP contribution in [0.2, 0.25) is 0 Å². The van der Waals surface area contributed by atoms with E-state index in [1.165, 1.54) is 37.6 Å². The van der Waals surface area contributed by atoms with Gasteiger partial charge in [-0.1, -0.05) is 31.5 Å². The summed E-state index contributed by atoms with van der Waals surface area (Å²) in [6, 6.07) is 0.679. The van der Waals surface area contributed by atoms with Crippen LogP contribution in [-0.2, 0) is 6.42 Å². The second kappa shape index (κ2) is 9.99. The number of carbonyl (C=O) groups excluding carboxylic acids is 1. The zero-order valence-corrected chi connectivity index (χ0v) is 16.0. The van der Waals surface area contributed by atoms with Crippen molar-refractivity contribution in [3.8, 4) is 0 Å². The van der Waals surface area contributed by atoms with Crippen molar-refractivity contribution < 1.29 is 4.79 Å². The maximum absolute atomic E-state index is 12.4. The Hall–Kier alpha value is -1.14. The number of carbonyl (C=O) groups is 1. The van der Waals surface area contributed by atoms with Gasteiger partial charge in [-0.15, -0.1) is 0 Å². The molecule has 1 amide bonds. The minimum absolute atomic E-state index is 0.0437. The molecule has 5 nitrogen and oxygen atoms in total. The molecule has 2 heterocycles. The number of aromatic nitrogens is 2. The predicted molar refractivity (Wildman–Crippen MR) is 99.6 cm³/mol. The zero-order chi connectivity index (χ0) is 17.4. The molecule has 1 aliphatic rings. The van der Waals surface area contributed by atoms with Crippen molar-refractivity contribution in [3.63, 3.8) is 0 Å². The summed E-state index contributed by atoms with van der Waals surface area (Å²) in [5, 5.41) is 3.77. The topological polar surface area (TPSA) is 58.1 Å². The quantitative estimate of drug-likeness (QED) is 0.443. The maximum Gasteiger partial charge on any atom is 0.254 e. The molecule has 0 radical (unpaired) electrons. The van der Waals surface area contributed by atoms with Gasteiger partial charge in [0.1, 0.15) is 0 Å². The van der Waals surface area contributed by atoms with Crippen LogP contribution in [0.25, 0.3) is 0 Å². The van der Waals surface area contributed by atoms with E-state index in [0.29, 0.717) is 18.2 Å². The van der Waals surface area contributed by atoms with Gasteiger partial charge in [0.25, 0.3) is 5.91 Å². The number of nitrogens with one attached hydrogen (secondary N) is 1. The monoisotopic (exact) mass is 350 g/mol. The number of amides is 1. The lowest BCUT2D eigenvalue weighted by Gasteiger charge is -2.33. The van der Waals surface area contributed by atoms with Gasteiger partial charge in [0.2, 0.25) is 0 Å². The second-order valence-corrected chi connectivity index (χ2v) is 7.23. The first kappa shape index (κ1) is 19.2. The highest BCUT2D eigenvalue weighted by molar-refractivity contribution is 7.98. The van der Waals surface area contributed by atoms with Gasteiger partial charge in [-0.05, 0) is 45.4 Å². The van der Waals surface area contributed by atoms with Gasteiger partial charge >= 0.3 is 0 Å². The number of aryl methyl sites for hydroxylation is 1. The minimum atomic E-state index is -0.0437. The van der Waals surface area contributed by atoms with Crippen LogP contribution >= 0.6 is 11.8 Å². The van der Waals surface area contributed by atoms with E-state index in [9.17, 15) is 4.79 Å².